The van der Waals surface area contributed by atoms with Crippen LogP contribution < -0.4 is 4.72 Å². The molecule has 0 spiro atoms. The van der Waals surface area contributed by atoms with Crippen molar-refractivity contribution in [1.29, 1.82) is 0 Å². The third kappa shape index (κ3) is 4.08. The van der Waals surface area contributed by atoms with E-state index in [1.165, 1.54) is 11.3 Å². The third-order valence-corrected chi connectivity index (χ3v) is 4.19. The summed E-state index contributed by atoms with van der Waals surface area (Å²) in [4.78, 5) is 5.05. The summed E-state index contributed by atoms with van der Waals surface area (Å²) >= 11 is 4.76. The molecule has 18 heavy (non-hydrogen) atoms. The lowest BCUT2D eigenvalue weighted by Crippen LogP contribution is -2.08. The zero-order valence-electron chi connectivity index (χ0n) is 9.55. The van der Waals surface area contributed by atoms with E-state index in [4.69, 9.17) is 0 Å². The topological polar surface area (TPSA) is 59.1 Å². The Labute approximate surface area is 118 Å². The van der Waals surface area contributed by atoms with Crippen molar-refractivity contribution in [1.82, 2.24) is 4.98 Å². The van der Waals surface area contributed by atoms with Gasteiger partial charge in [0.2, 0.25) is 10.0 Å². The first-order valence-electron chi connectivity index (χ1n) is 5.09. The van der Waals surface area contributed by atoms with E-state index in [-0.39, 0.29) is 0 Å². The molecule has 0 aliphatic carbocycles. The highest BCUT2D eigenvalue weighted by Gasteiger charge is 2.07. The average molecular weight is 347 g/mol. The van der Waals surface area contributed by atoms with Crippen LogP contribution in [0.15, 0.2) is 34.9 Å². The maximum Gasteiger partial charge on any atom is 0.231 e. The highest BCUT2D eigenvalue weighted by molar-refractivity contribution is 9.10. The smallest absolute Gasteiger partial charge is 0.231 e. The molecule has 0 saturated carbocycles. The Morgan fingerprint density at radius 1 is 1.44 bits per heavy atom. The Morgan fingerprint density at radius 3 is 2.89 bits per heavy atom. The minimum absolute atomic E-state index is 0.405. The van der Waals surface area contributed by atoms with E-state index in [0.717, 1.165) is 27.6 Å². The van der Waals surface area contributed by atoms with Gasteiger partial charge >= 0.3 is 0 Å². The van der Waals surface area contributed by atoms with Gasteiger partial charge in [-0.05, 0) is 17.7 Å². The number of halogens is 1. The average Bonchev–Trinajstić information content (AvgIpc) is 2.62. The van der Waals surface area contributed by atoms with E-state index in [0.29, 0.717) is 5.13 Å². The molecule has 4 nitrogen and oxygen atoms in total. The van der Waals surface area contributed by atoms with E-state index in [9.17, 15) is 8.42 Å². The fraction of sp³-hybridized carbons (Fsp3) is 0.182. The normalized spacial score (nSPS) is 11.4. The molecule has 1 aromatic heterocycles. The third-order valence-electron chi connectivity index (χ3n) is 2.09. The van der Waals surface area contributed by atoms with Gasteiger partial charge in [-0.2, -0.15) is 0 Å². The maximum absolute atomic E-state index is 11.1. The van der Waals surface area contributed by atoms with E-state index >= 15 is 0 Å². The van der Waals surface area contributed by atoms with Gasteiger partial charge in [0.25, 0.3) is 0 Å². The standard InChI is InChI=1S/C11H11BrN2O2S2/c1-18(15,16)14-11-13-7-10(17-11)6-8-3-2-4-9(12)5-8/h2-5,7H,6H2,1H3,(H,13,14). The summed E-state index contributed by atoms with van der Waals surface area (Å²) in [5.74, 6) is 0. The summed E-state index contributed by atoms with van der Waals surface area (Å²) in [7, 11) is -3.25. The summed E-state index contributed by atoms with van der Waals surface area (Å²) < 4.78 is 25.5. The van der Waals surface area contributed by atoms with E-state index in [1.807, 2.05) is 24.3 Å². The predicted molar refractivity (Wildman–Crippen MR) is 77.5 cm³/mol. The van der Waals surface area contributed by atoms with Crippen molar-refractivity contribution in [3.63, 3.8) is 0 Å². The molecule has 2 aromatic rings. The van der Waals surface area contributed by atoms with Crippen LogP contribution >= 0.6 is 27.3 Å². The lowest BCUT2D eigenvalue weighted by atomic mass is 10.1. The van der Waals surface area contributed by atoms with Gasteiger partial charge in [0, 0.05) is 22.0 Å². The molecule has 1 heterocycles. The molecule has 0 amide bonds. The Morgan fingerprint density at radius 2 is 2.22 bits per heavy atom. The minimum atomic E-state index is -3.25. The van der Waals surface area contributed by atoms with Crippen LogP contribution in [0.4, 0.5) is 5.13 Å². The molecule has 7 heteroatoms. The van der Waals surface area contributed by atoms with Crippen LogP contribution in [0.3, 0.4) is 0 Å². The number of nitrogens with one attached hydrogen (secondary N) is 1. The zero-order chi connectivity index (χ0) is 13.2. The first-order chi connectivity index (χ1) is 8.42. The summed E-state index contributed by atoms with van der Waals surface area (Å²) in [5.41, 5.74) is 1.15. The summed E-state index contributed by atoms with van der Waals surface area (Å²) in [6.07, 6.45) is 3.55. The Hall–Kier alpha value is -0.920. The molecule has 0 bridgehead atoms. The van der Waals surface area contributed by atoms with Crippen molar-refractivity contribution < 1.29 is 8.42 Å². The minimum Gasteiger partial charge on any atom is -0.259 e. The Kier molecular flexibility index (Phi) is 4.04. The monoisotopic (exact) mass is 346 g/mol. The van der Waals surface area contributed by atoms with Crippen LogP contribution in [-0.2, 0) is 16.4 Å². The highest BCUT2D eigenvalue weighted by atomic mass is 79.9. The fourth-order valence-electron chi connectivity index (χ4n) is 1.44. The van der Waals surface area contributed by atoms with Crippen molar-refractivity contribution in [2.45, 2.75) is 6.42 Å². The fourth-order valence-corrected chi connectivity index (χ4v) is 3.58. The van der Waals surface area contributed by atoms with Gasteiger partial charge in [-0.3, -0.25) is 4.72 Å². The first kappa shape index (κ1) is 13.5. The largest absolute Gasteiger partial charge is 0.259 e. The quantitative estimate of drug-likeness (QED) is 0.925. The number of aromatic nitrogens is 1. The van der Waals surface area contributed by atoms with Crippen LogP contribution in [0.1, 0.15) is 10.4 Å². The lowest BCUT2D eigenvalue weighted by Gasteiger charge is -1.99. The van der Waals surface area contributed by atoms with Crippen molar-refractivity contribution >= 4 is 42.4 Å². The molecular weight excluding hydrogens is 336 g/mol. The molecule has 0 unspecified atom stereocenters. The number of benzene rings is 1. The number of anilines is 1. The summed E-state index contributed by atoms with van der Waals surface area (Å²) in [6.45, 7) is 0. The van der Waals surface area contributed by atoms with Gasteiger partial charge in [0.15, 0.2) is 5.13 Å². The Balaban J connectivity index is 2.12. The Bertz CT molecular complexity index is 653. The van der Waals surface area contributed by atoms with E-state index < -0.39 is 10.0 Å². The number of hydrogen-bond acceptors (Lipinski definition) is 4. The molecular formula is C11H11BrN2O2S2. The molecule has 0 aliphatic rings. The van der Waals surface area contributed by atoms with Gasteiger partial charge in [-0.1, -0.05) is 28.1 Å². The van der Waals surface area contributed by atoms with Crippen LogP contribution in [0.25, 0.3) is 0 Å². The molecule has 0 saturated heterocycles. The molecule has 0 radical (unpaired) electrons. The van der Waals surface area contributed by atoms with Crippen LogP contribution in [0, 0.1) is 0 Å². The van der Waals surface area contributed by atoms with Gasteiger partial charge < -0.3 is 0 Å². The van der Waals surface area contributed by atoms with Crippen LogP contribution in [0.2, 0.25) is 0 Å². The van der Waals surface area contributed by atoms with E-state index in [1.54, 1.807) is 6.20 Å². The molecule has 96 valence electrons. The van der Waals surface area contributed by atoms with Crippen molar-refractivity contribution in [3.05, 3.63) is 45.4 Å². The van der Waals surface area contributed by atoms with Crippen molar-refractivity contribution in [3.8, 4) is 0 Å². The SMILES string of the molecule is CS(=O)(=O)Nc1ncc(Cc2cccc(Br)c2)s1. The lowest BCUT2D eigenvalue weighted by molar-refractivity contribution is 0.607. The van der Waals surface area contributed by atoms with E-state index in [2.05, 4.69) is 25.6 Å². The predicted octanol–water partition coefficient (Wildman–Crippen LogP) is 2.87. The van der Waals surface area contributed by atoms with Crippen molar-refractivity contribution in [2.75, 3.05) is 11.0 Å². The van der Waals surface area contributed by atoms with Crippen molar-refractivity contribution in [2.24, 2.45) is 0 Å². The zero-order valence-corrected chi connectivity index (χ0v) is 12.8. The first-order valence-corrected chi connectivity index (χ1v) is 8.59. The second-order valence-corrected chi connectivity index (χ2v) is 7.59. The summed E-state index contributed by atoms with van der Waals surface area (Å²) in [5, 5.41) is 0.405. The second kappa shape index (κ2) is 5.38. The van der Waals surface area contributed by atoms with Crippen LogP contribution in [0.5, 0.6) is 0 Å². The second-order valence-electron chi connectivity index (χ2n) is 3.81. The number of sulfonamides is 1. The molecule has 1 aromatic carbocycles. The molecule has 0 fully saturated rings. The van der Waals surface area contributed by atoms with Gasteiger partial charge in [0.05, 0.1) is 6.26 Å². The molecule has 0 atom stereocenters. The summed E-state index contributed by atoms with van der Waals surface area (Å²) in [6, 6.07) is 7.99. The van der Waals surface area contributed by atoms with Crippen LogP contribution in [-0.4, -0.2) is 19.7 Å². The number of thiazole rings is 1. The number of hydrogen-bond donors (Lipinski definition) is 1. The van der Waals surface area contributed by atoms with Gasteiger partial charge in [0.1, 0.15) is 0 Å². The van der Waals surface area contributed by atoms with Gasteiger partial charge in [-0.25, -0.2) is 13.4 Å². The molecule has 1 N–H and O–H groups in total. The maximum atomic E-state index is 11.1. The number of rotatable bonds is 4. The highest BCUT2D eigenvalue weighted by Crippen LogP contribution is 2.23. The number of nitrogens with zero attached hydrogens (tertiary/aromatic N) is 1. The molecule has 2 rings (SSSR count). The van der Waals surface area contributed by atoms with Gasteiger partial charge in [-0.15, -0.1) is 11.3 Å². The molecule has 0 aliphatic heterocycles.